The molecule has 0 aliphatic heterocycles. The number of pyridine rings is 1. The standard InChI is InChI=1S/C26H25ClFN5O3/c1-35-12-11-23(22-10-5-17(13-30-22)24-21(29)9-8-20(27)25(24)28)33-15-18(14-31-33)16-3-6-19(7-4-16)32-26(34)36-2/h3-10,13-15,23H,11-12,29H2,1-2H3,(H,32,34). The summed E-state index contributed by atoms with van der Waals surface area (Å²) < 4.78 is 26.4. The molecule has 0 spiro atoms. The lowest BCUT2D eigenvalue weighted by atomic mass is 10.0. The summed E-state index contributed by atoms with van der Waals surface area (Å²) in [5.74, 6) is -0.577. The average molecular weight is 510 g/mol. The first-order chi connectivity index (χ1) is 17.4. The smallest absolute Gasteiger partial charge is 0.411 e. The summed E-state index contributed by atoms with van der Waals surface area (Å²) in [6.45, 7) is 0.493. The Morgan fingerprint density at radius 1 is 1.08 bits per heavy atom. The number of nitrogens with two attached hydrogens (primary N) is 1. The van der Waals surface area contributed by atoms with Gasteiger partial charge in [-0.1, -0.05) is 29.8 Å². The van der Waals surface area contributed by atoms with Crippen LogP contribution in [0.4, 0.5) is 20.6 Å². The molecule has 0 saturated heterocycles. The number of ether oxygens (including phenoxy) is 2. The molecular formula is C26H25ClFN5O3. The van der Waals surface area contributed by atoms with E-state index in [9.17, 15) is 9.18 Å². The fraction of sp³-hybridized carbons (Fsp3) is 0.192. The number of rotatable bonds is 8. The van der Waals surface area contributed by atoms with Crippen LogP contribution in [0, 0.1) is 5.82 Å². The molecule has 10 heteroatoms. The number of hydrogen-bond acceptors (Lipinski definition) is 6. The zero-order chi connectivity index (χ0) is 25.7. The lowest BCUT2D eigenvalue weighted by molar-refractivity contribution is 0.181. The third-order valence-corrected chi connectivity index (χ3v) is 6.00. The summed E-state index contributed by atoms with van der Waals surface area (Å²) in [6.07, 6.45) is 5.36. The quantitative estimate of drug-likeness (QED) is 0.291. The first-order valence-electron chi connectivity index (χ1n) is 11.1. The van der Waals surface area contributed by atoms with Crippen LogP contribution < -0.4 is 11.1 Å². The van der Waals surface area contributed by atoms with Gasteiger partial charge in [0, 0.05) is 54.2 Å². The zero-order valence-electron chi connectivity index (χ0n) is 19.7. The minimum atomic E-state index is -0.577. The van der Waals surface area contributed by atoms with E-state index < -0.39 is 11.9 Å². The van der Waals surface area contributed by atoms with Gasteiger partial charge in [0.25, 0.3) is 0 Å². The highest BCUT2D eigenvalue weighted by Gasteiger charge is 2.19. The van der Waals surface area contributed by atoms with Crippen molar-refractivity contribution < 1.29 is 18.7 Å². The van der Waals surface area contributed by atoms with Crippen LogP contribution in [0.2, 0.25) is 5.02 Å². The fourth-order valence-electron chi connectivity index (χ4n) is 3.83. The molecule has 0 aliphatic rings. The van der Waals surface area contributed by atoms with Crippen LogP contribution in [-0.4, -0.2) is 41.7 Å². The number of hydrogen-bond donors (Lipinski definition) is 2. The van der Waals surface area contributed by atoms with Crippen LogP contribution >= 0.6 is 11.6 Å². The van der Waals surface area contributed by atoms with Gasteiger partial charge in [0.15, 0.2) is 5.82 Å². The van der Waals surface area contributed by atoms with E-state index in [1.165, 1.54) is 13.2 Å². The van der Waals surface area contributed by atoms with Crippen molar-refractivity contribution in [1.82, 2.24) is 14.8 Å². The van der Waals surface area contributed by atoms with Crippen LogP contribution in [-0.2, 0) is 9.47 Å². The summed E-state index contributed by atoms with van der Waals surface area (Å²) in [5.41, 5.74) is 10.2. The van der Waals surface area contributed by atoms with Gasteiger partial charge in [-0.25, -0.2) is 9.18 Å². The van der Waals surface area contributed by atoms with Crippen LogP contribution in [0.25, 0.3) is 22.3 Å². The predicted molar refractivity (Wildman–Crippen MR) is 137 cm³/mol. The molecule has 1 atom stereocenters. The van der Waals surface area contributed by atoms with Crippen LogP contribution in [0.15, 0.2) is 67.1 Å². The van der Waals surface area contributed by atoms with E-state index >= 15 is 0 Å². The Hall–Kier alpha value is -3.95. The highest BCUT2D eigenvalue weighted by Crippen LogP contribution is 2.33. The van der Waals surface area contributed by atoms with Crippen molar-refractivity contribution in [2.75, 3.05) is 31.9 Å². The molecule has 2 aromatic carbocycles. The second-order valence-electron chi connectivity index (χ2n) is 8.00. The van der Waals surface area contributed by atoms with E-state index in [4.69, 9.17) is 22.1 Å². The minimum Gasteiger partial charge on any atom is -0.453 e. The highest BCUT2D eigenvalue weighted by atomic mass is 35.5. The van der Waals surface area contributed by atoms with Gasteiger partial charge in [-0.05, 0) is 42.3 Å². The van der Waals surface area contributed by atoms with Gasteiger partial charge >= 0.3 is 6.09 Å². The maximum Gasteiger partial charge on any atom is 0.411 e. The number of amides is 1. The highest BCUT2D eigenvalue weighted by molar-refractivity contribution is 6.31. The number of benzene rings is 2. The number of nitrogens with zero attached hydrogens (tertiary/aromatic N) is 3. The molecule has 8 nitrogen and oxygen atoms in total. The van der Waals surface area contributed by atoms with E-state index in [0.717, 1.165) is 16.8 Å². The van der Waals surface area contributed by atoms with Gasteiger partial charge in [-0.15, -0.1) is 0 Å². The molecule has 0 bridgehead atoms. The molecule has 2 heterocycles. The largest absolute Gasteiger partial charge is 0.453 e. The molecule has 2 aromatic heterocycles. The maximum absolute atomic E-state index is 14.6. The SMILES string of the molecule is COCCC(c1ccc(-c2c(N)ccc(Cl)c2F)cn1)n1cc(-c2ccc(NC(=O)OC)cc2)cn1. The van der Waals surface area contributed by atoms with E-state index in [-0.39, 0.29) is 22.3 Å². The van der Waals surface area contributed by atoms with Crippen molar-refractivity contribution in [3.05, 3.63) is 83.7 Å². The van der Waals surface area contributed by atoms with Crippen LogP contribution in [0.1, 0.15) is 18.2 Å². The molecule has 1 unspecified atom stereocenters. The average Bonchev–Trinajstić information content (AvgIpc) is 3.38. The number of aromatic nitrogens is 3. The Morgan fingerprint density at radius 3 is 2.50 bits per heavy atom. The van der Waals surface area contributed by atoms with Gasteiger partial charge < -0.3 is 15.2 Å². The Labute approximate surface area is 212 Å². The molecule has 186 valence electrons. The second kappa shape index (κ2) is 11.2. The molecular weight excluding hydrogens is 485 g/mol. The number of nitrogens with one attached hydrogen (secondary N) is 1. The number of nitrogen functional groups attached to an aromatic ring is 1. The van der Waals surface area contributed by atoms with Gasteiger partial charge in [0.1, 0.15) is 0 Å². The van der Waals surface area contributed by atoms with Crippen molar-refractivity contribution >= 4 is 29.1 Å². The maximum atomic E-state index is 14.6. The van der Waals surface area contributed by atoms with Crippen molar-refractivity contribution in [2.45, 2.75) is 12.5 Å². The second-order valence-corrected chi connectivity index (χ2v) is 8.40. The van der Waals surface area contributed by atoms with Crippen LogP contribution in [0.3, 0.4) is 0 Å². The fourth-order valence-corrected chi connectivity index (χ4v) is 3.98. The van der Waals surface area contributed by atoms with Crippen molar-refractivity contribution in [1.29, 1.82) is 0 Å². The summed E-state index contributed by atoms with van der Waals surface area (Å²) in [6, 6.07) is 13.7. The molecule has 0 saturated carbocycles. The number of carbonyl (C=O) groups is 1. The van der Waals surface area contributed by atoms with Gasteiger partial charge in [0.05, 0.1) is 30.1 Å². The van der Waals surface area contributed by atoms with Gasteiger partial charge in [-0.3, -0.25) is 15.0 Å². The van der Waals surface area contributed by atoms with Crippen molar-refractivity contribution in [3.63, 3.8) is 0 Å². The van der Waals surface area contributed by atoms with Crippen LogP contribution in [0.5, 0.6) is 0 Å². The number of halogens is 2. The Balaban J connectivity index is 1.60. The van der Waals surface area contributed by atoms with Crippen molar-refractivity contribution in [3.8, 4) is 22.3 Å². The first-order valence-corrected chi connectivity index (χ1v) is 11.5. The normalized spacial score (nSPS) is 11.8. The Kier molecular flexibility index (Phi) is 7.82. The third kappa shape index (κ3) is 5.48. The predicted octanol–water partition coefficient (Wildman–Crippen LogP) is 5.79. The molecule has 3 N–H and O–H groups in total. The molecule has 1 amide bonds. The summed E-state index contributed by atoms with van der Waals surface area (Å²) >= 11 is 5.94. The van der Waals surface area contributed by atoms with Gasteiger partial charge in [-0.2, -0.15) is 5.10 Å². The van der Waals surface area contributed by atoms with Gasteiger partial charge in [0.2, 0.25) is 0 Å². The molecule has 36 heavy (non-hydrogen) atoms. The molecule has 0 fully saturated rings. The van der Waals surface area contributed by atoms with E-state index in [2.05, 4.69) is 20.1 Å². The zero-order valence-corrected chi connectivity index (χ0v) is 20.5. The Bertz CT molecular complexity index is 1340. The van der Waals surface area contributed by atoms with E-state index in [1.54, 1.807) is 43.8 Å². The molecule has 0 radical (unpaired) electrons. The monoisotopic (exact) mass is 509 g/mol. The summed E-state index contributed by atoms with van der Waals surface area (Å²) in [5, 5.41) is 7.18. The van der Waals surface area contributed by atoms with E-state index in [0.29, 0.717) is 24.3 Å². The lowest BCUT2D eigenvalue weighted by Gasteiger charge is -2.17. The molecule has 4 aromatic rings. The topological polar surface area (TPSA) is 104 Å². The van der Waals surface area contributed by atoms with E-state index in [1.807, 2.05) is 29.1 Å². The summed E-state index contributed by atoms with van der Waals surface area (Å²) in [7, 11) is 2.95. The summed E-state index contributed by atoms with van der Waals surface area (Å²) in [4.78, 5) is 16.0. The first kappa shape index (κ1) is 25.2. The minimum absolute atomic E-state index is 0.000529. The number of anilines is 2. The number of methoxy groups -OCH3 is 2. The number of carbonyl (C=O) groups excluding carboxylic acids is 1. The molecule has 4 rings (SSSR count). The Morgan fingerprint density at radius 2 is 1.83 bits per heavy atom. The van der Waals surface area contributed by atoms with Crippen molar-refractivity contribution in [2.24, 2.45) is 0 Å². The lowest BCUT2D eigenvalue weighted by Crippen LogP contribution is -2.15. The molecule has 0 aliphatic carbocycles. The third-order valence-electron chi connectivity index (χ3n) is 5.71.